The van der Waals surface area contributed by atoms with Crippen LogP contribution in [0.15, 0.2) is 0 Å². The van der Waals surface area contributed by atoms with Crippen molar-refractivity contribution in [2.45, 2.75) is 32.1 Å². The molecule has 20 heavy (non-hydrogen) atoms. The lowest BCUT2D eigenvalue weighted by atomic mass is 9.80. The molecule has 0 spiro atoms. The molecule has 1 rings (SSSR count). The van der Waals surface area contributed by atoms with Gasteiger partial charge in [0.2, 0.25) is 5.91 Å². The summed E-state index contributed by atoms with van der Waals surface area (Å²) < 4.78 is 10.1. The van der Waals surface area contributed by atoms with E-state index < -0.39 is 0 Å². The van der Waals surface area contributed by atoms with Crippen molar-refractivity contribution >= 4 is 5.91 Å². The Hall–Kier alpha value is -0.650. The number of ether oxygens (including phenoxy) is 2. The van der Waals surface area contributed by atoms with E-state index in [1.54, 1.807) is 14.2 Å². The van der Waals surface area contributed by atoms with Crippen LogP contribution < -0.4 is 5.73 Å². The van der Waals surface area contributed by atoms with E-state index in [-0.39, 0.29) is 5.91 Å². The van der Waals surface area contributed by atoms with Gasteiger partial charge in [0.1, 0.15) is 0 Å². The second-order valence-electron chi connectivity index (χ2n) is 5.69. The van der Waals surface area contributed by atoms with E-state index >= 15 is 0 Å². The topological polar surface area (TPSA) is 64.8 Å². The maximum absolute atomic E-state index is 12.4. The van der Waals surface area contributed by atoms with E-state index in [9.17, 15) is 4.79 Å². The quantitative estimate of drug-likeness (QED) is 0.693. The molecule has 0 aromatic rings. The maximum Gasteiger partial charge on any atom is 0.223 e. The van der Waals surface area contributed by atoms with Crippen molar-refractivity contribution in [2.24, 2.45) is 17.6 Å². The molecule has 0 radical (unpaired) electrons. The van der Waals surface area contributed by atoms with E-state index in [1.165, 1.54) is 12.8 Å². The summed E-state index contributed by atoms with van der Waals surface area (Å²) in [5.74, 6) is 1.42. The molecule has 0 heterocycles. The standard InChI is InChI=1S/C15H30N2O3/c1-19-9-7-17(8-10-20-2)15(18)11-13-3-5-14(12-16)6-4-13/h13-14H,3-12,16H2,1-2H3. The lowest BCUT2D eigenvalue weighted by molar-refractivity contribution is -0.133. The monoisotopic (exact) mass is 286 g/mol. The van der Waals surface area contributed by atoms with Gasteiger partial charge in [0.25, 0.3) is 0 Å². The fraction of sp³-hybridized carbons (Fsp3) is 0.933. The zero-order chi connectivity index (χ0) is 14.8. The van der Waals surface area contributed by atoms with Crippen LogP contribution in [-0.4, -0.2) is 57.9 Å². The second-order valence-corrected chi connectivity index (χ2v) is 5.69. The van der Waals surface area contributed by atoms with Crippen LogP contribution in [0, 0.1) is 11.8 Å². The van der Waals surface area contributed by atoms with Gasteiger partial charge in [-0.05, 0) is 44.1 Å². The van der Waals surface area contributed by atoms with E-state index in [4.69, 9.17) is 15.2 Å². The molecule has 1 amide bonds. The van der Waals surface area contributed by atoms with Crippen molar-refractivity contribution < 1.29 is 14.3 Å². The van der Waals surface area contributed by atoms with Gasteiger partial charge in [-0.2, -0.15) is 0 Å². The highest BCUT2D eigenvalue weighted by atomic mass is 16.5. The highest BCUT2D eigenvalue weighted by Gasteiger charge is 2.24. The maximum atomic E-state index is 12.4. The van der Waals surface area contributed by atoms with Crippen molar-refractivity contribution in [3.8, 4) is 0 Å². The molecule has 5 heteroatoms. The zero-order valence-electron chi connectivity index (χ0n) is 13.0. The number of rotatable bonds is 9. The minimum atomic E-state index is 0.232. The van der Waals surface area contributed by atoms with Crippen LogP contribution in [0.4, 0.5) is 0 Å². The Bertz CT molecular complexity index is 258. The van der Waals surface area contributed by atoms with Gasteiger partial charge >= 0.3 is 0 Å². The second kappa shape index (κ2) is 10.1. The average molecular weight is 286 g/mol. The number of nitrogens with two attached hydrogens (primary N) is 1. The summed E-state index contributed by atoms with van der Waals surface area (Å²) in [7, 11) is 3.32. The molecule has 1 fully saturated rings. The molecular formula is C15H30N2O3. The highest BCUT2D eigenvalue weighted by Crippen LogP contribution is 2.30. The molecule has 2 N–H and O–H groups in total. The molecule has 1 aliphatic rings. The fourth-order valence-corrected chi connectivity index (χ4v) is 2.81. The van der Waals surface area contributed by atoms with Gasteiger partial charge in [-0.3, -0.25) is 4.79 Å². The minimum Gasteiger partial charge on any atom is -0.383 e. The Morgan fingerprint density at radius 3 is 2.00 bits per heavy atom. The molecule has 0 aromatic heterocycles. The van der Waals surface area contributed by atoms with Gasteiger partial charge in [-0.1, -0.05) is 0 Å². The number of nitrogens with zero attached hydrogens (tertiary/aromatic N) is 1. The normalized spacial score (nSPS) is 22.8. The molecule has 0 bridgehead atoms. The van der Waals surface area contributed by atoms with Gasteiger partial charge in [0.15, 0.2) is 0 Å². The Kier molecular flexibility index (Phi) is 8.82. The van der Waals surface area contributed by atoms with E-state index in [0.717, 1.165) is 19.4 Å². The van der Waals surface area contributed by atoms with Crippen LogP contribution in [0.5, 0.6) is 0 Å². The van der Waals surface area contributed by atoms with Gasteiger partial charge < -0.3 is 20.1 Å². The molecule has 118 valence electrons. The lowest BCUT2D eigenvalue weighted by Gasteiger charge is -2.29. The van der Waals surface area contributed by atoms with Crippen LogP contribution in [0.25, 0.3) is 0 Å². The summed E-state index contributed by atoms with van der Waals surface area (Å²) in [6, 6.07) is 0. The fourth-order valence-electron chi connectivity index (χ4n) is 2.81. The summed E-state index contributed by atoms with van der Waals surface area (Å²) >= 11 is 0. The first-order chi connectivity index (χ1) is 9.71. The molecule has 1 aliphatic carbocycles. The molecule has 0 atom stereocenters. The first-order valence-electron chi connectivity index (χ1n) is 7.67. The number of hydrogen-bond donors (Lipinski definition) is 1. The predicted molar refractivity (Wildman–Crippen MR) is 79.5 cm³/mol. The van der Waals surface area contributed by atoms with Crippen LogP contribution in [-0.2, 0) is 14.3 Å². The number of methoxy groups -OCH3 is 2. The number of hydrogen-bond acceptors (Lipinski definition) is 4. The van der Waals surface area contributed by atoms with Crippen LogP contribution in [0.1, 0.15) is 32.1 Å². The van der Waals surface area contributed by atoms with E-state index in [2.05, 4.69) is 0 Å². The van der Waals surface area contributed by atoms with Crippen molar-refractivity contribution in [1.82, 2.24) is 4.90 Å². The first-order valence-corrected chi connectivity index (χ1v) is 7.67. The third kappa shape index (κ3) is 6.20. The molecule has 5 nitrogen and oxygen atoms in total. The number of amides is 1. The van der Waals surface area contributed by atoms with Gasteiger partial charge in [0, 0.05) is 33.7 Å². The van der Waals surface area contributed by atoms with Gasteiger partial charge in [0.05, 0.1) is 13.2 Å². The van der Waals surface area contributed by atoms with Crippen molar-refractivity contribution in [3.05, 3.63) is 0 Å². The Morgan fingerprint density at radius 2 is 1.55 bits per heavy atom. The SMILES string of the molecule is COCCN(CCOC)C(=O)CC1CCC(CN)CC1. The Labute approximate surface area is 122 Å². The molecule has 0 unspecified atom stereocenters. The summed E-state index contributed by atoms with van der Waals surface area (Å²) in [6.45, 7) is 3.24. The average Bonchev–Trinajstić information content (AvgIpc) is 2.48. The third-order valence-corrected chi connectivity index (χ3v) is 4.25. The summed E-state index contributed by atoms with van der Waals surface area (Å²) in [5.41, 5.74) is 5.70. The Morgan fingerprint density at radius 1 is 1.05 bits per heavy atom. The van der Waals surface area contributed by atoms with Crippen LogP contribution >= 0.6 is 0 Å². The minimum absolute atomic E-state index is 0.232. The predicted octanol–water partition coefficient (Wildman–Crippen LogP) is 1.26. The van der Waals surface area contributed by atoms with Crippen LogP contribution in [0.3, 0.4) is 0 Å². The molecule has 0 aromatic carbocycles. The lowest BCUT2D eigenvalue weighted by Crippen LogP contribution is -2.37. The largest absolute Gasteiger partial charge is 0.383 e. The first kappa shape index (κ1) is 17.4. The van der Waals surface area contributed by atoms with Crippen molar-refractivity contribution in [3.63, 3.8) is 0 Å². The van der Waals surface area contributed by atoms with E-state index in [0.29, 0.717) is 44.6 Å². The van der Waals surface area contributed by atoms with Crippen molar-refractivity contribution in [2.75, 3.05) is 47.1 Å². The summed E-state index contributed by atoms with van der Waals surface area (Å²) in [5, 5.41) is 0. The van der Waals surface area contributed by atoms with Gasteiger partial charge in [-0.25, -0.2) is 0 Å². The molecular weight excluding hydrogens is 256 g/mol. The summed E-state index contributed by atoms with van der Waals surface area (Å²) in [6.07, 6.45) is 5.27. The molecule has 0 aliphatic heterocycles. The molecule has 1 saturated carbocycles. The van der Waals surface area contributed by atoms with Crippen LogP contribution in [0.2, 0.25) is 0 Å². The Balaban J connectivity index is 2.36. The zero-order valence-corrected chi connectivity index (χ0v) is 13.0. The summed E-state index contributed by atoms with van der Waals surface area (Å²) in [4.78, 5) is 14.2. The molecule has 0 saturated heterocycles. The van der Waals surface area contributed by atoms with E-state index in [1.807, 2.05) is 4.90 Å². The smallest absolute Gasteiger partial charge is 0.223 e. The third-order valence-electron chi connectivity index (χ3n) is 4.25. The highest BCUT2D eigenvalue weighted by molar-refractivity contribution is 5.76. The number of carbonyl (C=O) groups is 1. The van der Waals surface area contributed by atoms with Crippen molar-refractivity contribution in [1.29, 1.82) is 0 Å². The number of carbonyl (C=O) groups excluding carboxylic acids is 1. The van der Waals surface area contributed by atoms with Gasteiger partial charge in [-0.15, -0.1) is 0 Å².